The summed E-state index contributed by atoms with van der Waals surface area (Å²) >= 11 is 0. The number of hydrogen-bond donors (Lipinski definition) is 2. The first-order chi connectivity index (χ1) is 16.2. The van der Waals surface area contributed by atoms with Crippen LogP contribution in [0.4, 0.5) is 5.69 Å². The maximum Gasteiger partial charge on any atom is 0.227 e. The monoisotopic (exact) mass is 507 g/mol. The number of nitrogens with one attached hydrogen (secondary N) is 2. The Kier molecular flexibility index (Phi) is 6.23. The van der Waals surface area contributed by atoms with Crippen LogP contribution in [0.25, 0.3) is 21.9 Å². The highest BCUT2D eigenvalue weighted by Crippen LogP contribution is 2.31. The summed E-state index contributed by atoms with van der Waals surface area (Å²) in [6, 6.07) is 3.63. The molecule has 2 fully saturated rings. The topological polar surface area (TPSA) is 132 Å². The third kappa shape index (κ3) is 4.89. The zero-order valence-electron chi connectivity index (χ0n) is 19.0. The molecule has 0 radical (unpaired) electrons. The van der Waals surface area contributed by atoms with Gasteiger partial charge in [-0.3, -0.25) is 9.88 Å². The largest absolute Gasteiger partial charge is 0.368 e. The van der Waals surface area contributed by atoms with Gasteiger partial charge in [-0.05, 0) is 25.0 Å². The summed E-state index contributed by atoms with van der Waals surface area (Å²) in [7, 11) is -6.90. The Labute approximate surface area is 199 Å². The fourth-order valence-corrected chi connectivity index (χ4v) is 7.42. The molecule has 1 atom stereocenters. The van der Waals surface area contributed by atoms with Gasteiger partial charge in [-0.15, -0.1) is 0 Å². The summed E-state index contributed by atoms with van der Waals surface area (Å²) in [5, 5.41) is 2.07. The van der Waals surface area contributed by atoms with Crippen LogP contribution >= 0.6 is 0 Å². The molecule has 2 aliphatic heterocycles. The minimum atomic E-state index is -3.53. The van der Waals surface area contributed by atoms with Gasteiger partial charge in [-0.2, -0.15) is 4.31 Å². The van der Waals surface area contributed by atoms with Crippen molar-refractivity contribution < 1.29 is 16.8 Å². The number of aromatic nitrogens is 3. The average molecular weight is 508 g/mol. The number of H-pyrrole nitrogens is 1. The normalized spacial score (nSPS) is 21.4. The highest BCUT2D eigenvalue weighted by molar-refractivity contribution is 7.89. The summed E-state index contributed by atoms with van der Waals surface area (Å²) < 4.78 is 53.3. The van der Waals surface area contributed by atoms with Crippen LogP contribution in [0.1, 0.15) is 12.8 Å². The molecule has 34 heavy (non-hydrogen) atoms. The number of piperazine rings is 1. The van der Waals surface area contributed by atoms with Crippen molar-refractivity contribution in [2.45, 2.75) is 18.9 Å². The van der Waals surface area contributed by atoms with Gasteiger partial charge in [0.05, 0.1) is 18.0 Å². The van der Waals surface area contributed by atoms with Crippen LogP contribution in [0.3, 0.4) is 0 Å². The van der Waals surface area contributed by atoms with Crippen LogP contribution in [0.5, 0.6) is 0 Å². The van der Waals surface area contributed by atoms with Gasteiger partial charge in [0.1, 0.15) is 11.5 Å². The fraction of sp³-hybridized carbons (Fsp3) is 0.524. The third-order valence-corrected chi connectivity index (χ3v) is 9.06. The molecule has 0 saturated carbocycles. The van der Waals surface area contributed by atoms with Crippen LogP contribution in [0.2, 0.25) is 0 Å². The SMILES string of the molecule is CS(=O)(=O)NC1CCCN(S(=O)(=O)CN2CCN(c3ccnc4cnc5[nH]ccc5c34)CC2)C1. The number of hydrogen-bond acceptors (Lipinski definition) is 8. The van der Waals surface area contributed by atoms with Gasteiger partial charge < -0.3 is 9.88 Å². The Balaban J connectivity index is 1.26. The maximum absolute atomic E-state index is 13.1. The smallest absolute Gasteiger partial charge is 0.227 e. The van der Waals surface area contributed by atoms with Gasteiger partial charge >= 0.3 is 0 Å². The molecule has 3 aromatic rings. The van der Waals surface area contributed by atoms with E-state index in [0.29, 0.717) is 45.6 Å². The molecule has 184 valence electrons. The number of anilines is 1. The summed E-state index contributed by atoms with van der Waals surface area (Å²) in [4.78, 5) is 16.3. The molecule has 0 aliphatic carbocycles. The molecule has 5 heterocycles. The third-order valence-electron chi connectivity index (χ3n) is 6.49. The van der Waals surface area contributed by atoms with Gasteiger partial charge in [0.25, 0.3) is 0 Å². The van der Waals surface area contributed by atoms with Crippen molar-refractivity contribution in [3.05, 3.63) is 30.7 Å². The molecule has 2 N–H and O–H groups in total. The fourth-order valence-electron chi connectivity index (χ4n) is 4.92. The molecule has 2 saturated heterocycles. The van der Waals surface area contributed by atoms with Crippen molar-refractivity contribution >= 4 is 47.7 Å². The number of nitrogens with zero attached hydrogens (tertiary/aromatic N) is 5. The van der Waals surface area contributed by atoms with E-state index in [0.717, 1.165) is 33.9 Å². The quantitative estimate of drug-likeness (QED) is 0.494. The molecule has 11 nitrogen and oxygen atoms in total. The number of piperidine rings is 1. The van der Waals surface area contributed by atoms with Gasteiger partial charge in [-0.1, -0.05) is 0 Å². The molecule has 0 amide bonds. The lowest BCUT2D eigenvalue weighted by molar-refractivity contribution is 0.268. The van der Waals surface area contributed by atoms with E-state index in [9.17, 15) is 16.8 Å². The zero-order chi connectivity index (χ0) is 23.9. The summed E-state index contributed by atoms with van der Waals surface area (Å²) in [5.41, 5.74) is 2.72. The van der Waals surface area contributed by atoms with E-state index in [2.05, 4.69) is 24.6 Å². The number of sulfonamides is 2. The molecule has 5 rings (SSSR count). The summed E-state index contributed by atoms with van der Waals surface area (Å²) in [6.45, 7) is 3.22. The van der Waals surface area contributed by atoms with Crippen molar-refractivity contribution in [2.24, 2.45) is 0 Å². The number of rotatable bonds is 6. The van der Waals surface area contributed by atoms with Crippen LogP contribution in [-0.4, -0.2) is 98.4 Å². The highest BCUT2D eigenvalue weighted by atomic mass is 32.2. The van der Waals surface area contributed by atoms with Gasteiger partial charge in [0.2, 0.25) is 20.0 Å². The van der Waals surface area contributed by atoms with Gasteiger partial charge in [-0.25, -0.2) is 26.5 Å². The van der Waals surface area contributed by atoms with Crippen molar-refractivity contribution in [3.8, 4) is 0 Å². The van der Waals surface area contributed by atoms with E-state index in [1.165, 1.54) is 4.31 Å². The molecule has 1 unspecified atom stereocenters. The molecule has 3 aromatic heterocycles. The van der Waals surface area contributed by atoms with E-state index in [-0.39, 0.29) is 18.5 Å². The van der Waals surface area contributed by atoms with Crippen LogP contribution in [0, 0.1) is 0 Å². The number of pyridine rings is 2. The Hall–Kier alpha value is -2.32. The molecular formula is C21H29N7O4S2. The first-order valence-electron chi connectivity index (χ1n) is 11.3. The first kappa shape index (κ1) is 23.4. The van der Waals surface area contributed by atoms with E-state index in [4.69, 9.17) is 0 Å². The second-order valence-electron chi connectivity index (χ2n) is 9.02. The van der Waals surface area contributed by atoms with Crippen LogP contribution < -0.4 is 9.62 Å². The van der Waals surface area contributed by atoms with Crippen molar-refractivity contribution in [3.63, 3.8) is 0 Å². The molecule has 2 aliphatic rings. The average Bonchev–Trinajstić information content (AvgIpc) is 3.27. The van der Waals surface area contributed by atoms with Crippen molar-refractivity contribution in [1.29, 1.82) is 0 Å². The van der Waals surface area contributed by atoms with E-state index in [1.54, 1.807) is 12.4 Å². The minimum absolute atomic E-state index is 0.0600. The Morgan fingerprint density at radius 1 is 1.09 bits per heavy atom. The molecule has 0 aromatic carbocycles. The predicted octanol–water partition coefficient (Wildman–Crippen LogP) is 0.534. The zero-order valence-corrected chi connectivity index (χ0v) is 20.6. The minimum Gasteiger partial charge on any atom is -0.368 e. The lowest BCUT2D eigenvalue weighted by Gasteiger charge is -2.38. The molecule has 0 bridgehead atoms. The van der Waals surface area contributed by atoms with Gasteiger partial charge in [0.15, 0.2) is 0 Å². The Bertz CT molecular complexity index is 1400. The molecule has 0 spiro atoms. The van der Waals surface area contributed by atoms with Gasteiger partial charge in [0, 0.05) is 74.2 Å². The molecule has 13 heteroatoms. The maximum atomic E-state index is 13.1. The summed E-state index contributed by atoms with van der Waals surface area (Å²) in [6.07, 6.45) is 7.80. The van der Waals surface area contributed by atoms with E-state index < -0.39 is 20.0 Å². The van der Waals surface area contributed by atoms with Crippen molar-refractivity contribution in [1.82, 2.24) is 28.9 Å². The van der Waals surface area contributed by atoms with Crippen LogP contribution in [0.15, 0.2) is 30.7 Å². The van der Waals surface area contributed by atoms with E-state index in [1.807, 2.05) is 23.2 Å². The molecular weight excluding hydrogens is 478 g/mol. The number of aromatic amines is 1. The highest BCUT2D eigenvalue weighted by Gasteiger charge is 2.32. The lowest BCUT2D eigenvalue weighted by Crippen LogP contribution is -2.53. The first-order valence-corrected chi connectivity index (χ1v) is 14.8. The Morgan fingerprint density at radius 2 is 1.88 bits per heavy atom. The summed E-state index contributed by atoms with van der Waals surface area (Å²) in [5.74, 6) is -0.0600. The van der Waals surface area contributed by atoms with Crippen molar-refractivity contribution in [2.75, 3.05) is 56.3 Å². The second kappa shape index (κ2) is 9.04. The number of fused-ring (bicyclic) bond motifs is 3. The van der Waals surface area contributed by atoms with Crippen LogP contribution in [-0.2, 0) is 20.0 Å². The Morgan fingerprint density at radius 3 is 2.65 bits per heavy atom. The second-order valence-corrected chi connectivity index (χ2v) is 12.7. The van der Waals surface area contributed by atoms with E-state index >= 15 is 0 Å². The lowest BCUT2D eigenvalue weighted by atomic mass is 10.1. The predicted molar refractivity (Wildman–Crippen MR) is 132 cm³/mol. The standard InChI is InChI=1S/C21H29N7O4S2/c1-33(29,30)25-16-3-2-8-28(14-16)34(31,32)15-26-9-11-27(12-10-26)19-5-7-22-18-13-24-21-17(20(18)19)4-6-23-21/h4-7,13,16,25H,2-3,8-12,14-15H2,1H3,(H,23,24).